The van der Waals surface area contributed by atoms with Crippen LogP contribution in [0.25, 0.3) is 10.9 Å². The van der Waals surface area contributed by atoms with E-state index in [0.29, 0.717) is 5.56 Å². The van der Waals surface area contributed by atoms with Gasteiger partial charge in [0.1, 0.15) is 0 Å². The number of fused-ring (bicyclic) bond motifs is 1. The molecule has 2 amide bonds. The van der Waals surface area contributed by atoms with Crippen molar-refractivity contribution in [1.29, 1.82) is 0 Å². The number of rotatable bonds is 5. The van der Waals surface area contributed by atoms with E-state index in [0.717, 1.165) is 21.5 Å². The Morgan fingerprint density at radius 1 is 1.12 bits per heavy atom. The van der Waals surface area contributed by atoms with Crippen LogP contribution in [0.4, 0.5) is 5.69 Å². The average Bonchev–Trinajstić information content (AvgIpc) is 3.05. The number of amides is 2. The topological polar surface area (TPSA) is 65.2 Å². The standard InChI is InChI=1S/C19H19N3O2S/c1-22(12-18(23)21-16-9-5-6-10-17(16)25-2)19(24)14-11-20-15-8-4-3-7-13(14)15/h3-11,20H,12H2,1-2H3,(H,21,23). The molecule has 0 aliphatic heterocycles. The number of carbonyl (C=O) groups excluding carboxylic acids is 2. The van der Waals surface area contributed by atoms with E-state index < -0.39 is 0 Å². The van der Waals surface area contributed by atoms with Crippen LogP contribution in [0.15, 0.2) is 59.6 Å². The summed E-state index contributed by atoms with van der Waals surface area (Å²) in [6, 6.07) is 15.2. The Hall–Kier alpha value is -2.73. The Labute approximate surface area is 150 Å². The summed E-state index contributed by atoms with van der Waals surface area (Å²) in [7, 11) is 1.63. The number of anilines is 1. The van der Waals surface area contributed by atoms with Crippen LogP contribution >= 0.6 is 11.8 Å². The third-order valence-electron chi connectivity index (χ3n) is 3.93. The third-order valence-corrected chi connectivity index (χ3v) is 4.72. The molecule has 1 heterocycles. The van der Waals surface area contributed by atoms with Gasteiger partial charge in [-0.15, -0.1) is 11.8 Å². The van der Waals surface area contributed by atoms with Gasteiger partial charge < -0.3 is 15.2 Å². The minimum Gasteiger partial charge on any atom is -0.360 e. The highest BCUT2D eigenvalue weighted by Crippen LogP contribution is 2.24. The molecule has 0 radical (unpaired) electrons. The van der Waals surface area contributed by atoms with E-state index in [4.69, 9.17) is 0 Å². The first-order chi connectivity index (χ1) is 12.1. The van der Waals surface area contributed by atoms with Crippen LogP contribution < -0.4 is 5.32 Å². The quantitative estimate of drug-likeness (QED) is 0.689. The number of H-pyrrole nitrogens is 1. The maximum absolute atomic E-state index is 12.7. The Kier molecular flexibility index (Phi) is 5.09. The molecule has 2 N–H and O–H groups in total. The number of nitrogens with zero attached hydrogens (tertiary/aromatic N) is 1. The van der Waals surface area contributed by atoms with E-state index in [1.54, 1.807) is 25.0 Å². The number of benzene rings is 2. The van der Waals surface area contributed by atoms with E-state index in [1.807, 2.05) is 54.8 Å². The second kappa shape index (κ2) is 7.44. The summed E-state index contributed by atoms with van der Waals surface area (Å²) >= 11 is 1.56. The van der Waals surface area contributed by atoms with Crippen molar-refractivity contribution in [2.45, 2.75) is 4.90 Å². The first-order valence-electron chi connectivity index (χ1n) is 7.84. The van der Waals surface area contributed by atoms with Crippen molar-refractivity contribution >= 4 is 40.2 Å². The van der Waals surface area contributed by atoms with Gasteiger partial charge in [0.2, 0.25) is 5.91 Å². The molecule has 25 heavy (non-hydrogen) atoms. The molecule has 5 nitrogen and oxygen atoms in total. The second-order valence-corrected chi connectivity index (χ2v) is 6.51. The van der Waals surface area contributed by atoms with Crippen LogP contribution in [0, 0.1) is 0 Å². The number of thioether (sulfide) groups is 1. The maximum atomic E-state index is 12.7. The van der Waals surface area contributed by atoms with Crippen LogP contribution in [0.2, 0.25) is 0 Å². The average molecular weight is 353 g/mol. The van der Waals surface area contributed by atoms with E-state index in [1.165, 1.54) is 4.90 Å². The molecule has 0 atom stereocenters. The van der Waals surface area contributed by atoms with Gasteiger partial charge in [-0.2, -0.15) is 0 Å². The molecule has 3 rings (SSSR count). The van der Waals surface area contributed by atoms with Gasteiger partial charge >= 0.3 is 0 Å². The highest BCUT2D eigenvalue weighted by molar-refractivity contribution is 7.98. The lowest BCUT2D eigenvalue weighted by atomic mass is 10.1. The number of nitrogens with one attached hydrogen (secondary N) is 2. The van der Waals surface area contributed by atoms with Gasteiger partial charge in [-0.3, -0.25) is 9.59 Å². The molecule has 0 saturated carbocycles. The number of hydrogen-bond donors (Lipinski definition) is 2. The summed E-state index contributed by atoms with van der Waals surface area (Å²) in [6.45, 7) is -0.0128. The maximum Gasteiger partial charge on any atom is 0.256 e. The number of aromatic amines is 1. The minimum absolute atomic E-state index is 0.0128. The fourth-order valence-electron chi connectivity index (χ4n) is 2.68. The monoisotopic (exact) mass is 353 g/mol. The summed E-state index contributed by atoms with van der Waals surface area (Å²) in [5.74, 6) is -0.414. The van der Waals surface area contributed by atoms with Gasteiger partial charge in [0.05, 0.1) is 17.8 Å². The molecule has 0 bridgehead atoms. The predicted octanol–water partition coefficient (Wildman–Crippen LogP) is 3.60. The van der Waals surface area contributed by atoms with Crippen LogP contribution in [-0.4, -0.2) is 41.5 Å². The Bertz CT molecular complexity index is 920. The van der Waals surface area contributed by atoms with Gasteiger partial charge in [-0.05, 0) is 24.5 Å². The normalized spacial score (nSPS) is 10.6. The largest absolute Gasteiger partial charge is 0.360 e. The Morgan fingerprint density at radius 3 is 2.64 bits per heavy atom. The highest BCUT2D eigenvalue weighted by atomic mass is 32.2. The first-order valence-corrected chi connectivity index (χ1v) is 9.07. The molecule has 128 valence electrons. The summed E-state index contributed by atoms with van der Waals surface area (Å²) in [5, 5.41) is 3.72. The lowest BCUT2D eigenvalue weighted by Crippen LogP contribution is -2.34. The van der Waals surface area contributed by atoms with Crippen molar-refractivity contribution < 1.29 is 9.59 Å². The molecule has 0 fully saturated rings. The lowest BCUT2D eigenvalue weighted by Gasteiger charge is -2.17. The van der Waals surface area contributed by atoms with E-state index >= 15 is 0 Å². The van der Waals surface area contributed by atoms with Crippen LogP contribution in [0.5, 0.6) is 0 Å². The van der Waals surface area contributed by atoms with Crippen molar-refractivity contribution in [1.82, 2.24) is 9.88 Å². The molecule has 2 aromatic carbocycles. The van der Waals surface area contributed by atoms with Crippen LogP contribution in [0.1, 0.15) is 10.4 Å². The molecule has 0 unspecified atom stereocenters. The molecule has 3 aromatic rings. The summed E-state index contributed by atoms with van der Waals surface area (Å²) in [6.07, 6.45) is 3.64. The first kappa shape index (κ1) is 17.1. The number of para-hydroxylation sites is 2. The summed E-state index contributed by atoms with van der Waals surface area (Å²) < 4.78 is 0. The van der Waals surface area contributed by atoms with Gasteiger partial charge in [0, 0.05) is 29.0 Å². The fraction of sp³-hybridized carbons (Fsp3) is 0.158. The van der Waals surface area contributed by atoms with E-state index in [-0.39, 0.29) is 18.4 Å². The molecule has 6 heteroatoms. The van der Waals surface area contributed by atoms with Crippen molar-refractivity contribution in [2.24, 2.45) is 0 Å². The Morgan fingerprint density at radius 2 is 1.84 bits per heavy atom. The van der Waals surface area contributed by atoms with Crippen molar-refractivity contribution in [3.63, 3.8) is 0 Å². The van der Waals surface area contributed by atoms with Gasteiger partial charge in [-0.25, -0.2) is 0 Å². The van der Waals surface area contributed by atoms with Crippen molar-refractivity contribution in [3.05, 3.63) is 60.3 Å². The molecule has 0 aliphatic carbocycles. The number of hydrogen-bond acceptors (Lipinski definition) is 3. The molecule has 0 saturated heterocycles. The number of carbonyl (C=O) groups is 2. The van der Waals surface area contributed by atoms with Crippen LogP contribution in [-0.2, 0) is 4.79 Å². The zero-order valence-electron chi connectivity index (χ0n) is 14.1. The van der Waals surface area contributed by atoms with E-state index in [9.17, 15) is 9.59 Å². The minimum atomic E-state index is -0.225. The number of likely N-dealkylation sites (N-methyl/N-ethyl adjacent to an activating group) is 1. The predicted molar refractivity (Wildman–Crippen MR) is 102 cm³/mol. The molecule has 0 aliphatic rings. The molecule has 1 aromatic heterocycles. The zero-order valence-corrected chi connectivity index (χ0v) is 14.9. The van der Waals surface area contributed by atoms with Crippen LogP contribution in [0.3, 0.4) is 0 Å². The molecular weight excluding hydrogens is 334 g/mol. The SMILES string of the molecule is CSc1ccccc1NC(=O)CN(C)C(=O)c1c[nH]c2ccccc12. The van der Waals surface area contributed by atoms with Gasteiger partial charge in [-0.1, -0.05) is 30.3 Å². The van der Waals surface area contributed by atoms with Gasteiger partial charge in [0.25, 0.3) is 5.91 Å². The molecular formula is C19H19N3O2S. The Balaban J connectivity index is 1.70. The summed E-state index contributed by atoms with van der Waals surface area (Å²) in [4.78, 5) is 30.5. The summed E-state index contributed by atoms with van der Waals surface area (Å²) in [5.41, 5.74) is 2.22. The lowest BCUT2D eigenvalue weighted by molar-refractivity contribution is -0.116. The van der Waals surface area contributed by atoms with Crippen molar-refractivity contribution in [2.75, 3.05) is 25.2 Å². The highest BCUT2D eigenvalue weighted by Gasteiger charge is 2.18. The smallest absolute Gasteiger partial charge is 0.256 e. The number of aromatic nitrogens is 1. The fourth-order valence-corrected chi connectivity index (χ4v) is 3.23. The van der Waals surface area contributed by atoms with E-state index in [2.05, 4.69) is 10.3 Å². The second-order valence-electron chi connectivity index (χ2n) is 5.66. The van der Waals surface area contributed by atoms with Gasteiger partial charge in [0.15, 0.2) is 0 Å². The zero-order chi connectivity index (χ0) is 17.8. The van der Waals surface area contributed by atoms with Crippen molar-refractivity contribution in [3.8, 4) is 0 Å². The molecule has 0 spiro atoms. The third kappa shape index (κ3) is 3.69.